The zero-order valence-corrected chi connectivity index (χ0v) is 14.1. The molecule has 1 unspecified atom stereocenters. The monoisotopic (exact) mass is 339 g/mol. The van der Waals surface area contributed by atoms with Crippen molar-refractivity contribution in [3.05, 3.63) is 10.7 Å². The molecule has 1 aromatic rings. The number of halogens is 1. The summed E-state index contributed by atoms with van der Waals surface area (Å²) in [5.74, 6) is -0.591. The minimum absolute atomic E-state index is 0.0820. The van der Waals surface area contributed by atoms with Crippen molar-refractivity contribution in [3.63, 3.8) is 0 Å². The van der Waals surface area contributed by atoms with Crippen LogP contribution in [-0.4, -0.2) is 32.4 Å². The van der Waals surface area contributed by atoms with Crippen LogP contribution in [0.3, 0.4) is 0 Å². The number of carbonyl (C=O) groups excluding carboxylic acids is 1. The normalized spacial score (nSPS) is 14.1. The molecule has 0 radical (unpaired) electrons. The molecule has 1 aromatic heterocycles. The van der Waals surface area contributed by atoms with Gasteiger partial charge in [0.2, 0.25) is 0 Å². The number of thiazole rings is 1. The molecule has 9 heteroatoms. The SMILES string of the molecule is CNC(CC(C)(C)C)C(=O)NS(=O)(=O)c1cnc(Cl)s1. The first kappa shape index (κ1) is 17.4. The summed E-state index contributed by atoms with van der Waals surface area (Å²) < 4.78 is 26.1. The standard InChI is InChI=1S/C11H18ClN3O3S2/c1-11(2,3)5-7(13-4)9(16)15-20(17,18)8-6-14-10(12)19-8/h6-7,13H,5H2,1-4H3,(H,15,16). The van der Waals surface area contributed by atoms with Crippen LogP contribution in [0.1, 0.15) is 27.2 Å². The minimum Gasteiger partial charge on any atom is -0.309 e. The second-order valence-electron chi connectivity index (χ2n) is 5.51. The Bertz CT molecular complexity index is 578. The average Bonchev–Trinajstić information content (AvgIpc) is 2.71. The zero-order chi connectivity index (χ0) is 15.6. The van der Waals surface area contributed by atoms with Gasteiger partial charge in [-0.15, -0.1) is 0 Å². The molecule has 0 aliphatic heterocycles. The summed E-state index contributed by atoms with van der Waals surface area (Å²) in [5.41, 5.74) is -0.109. The summed E-state index contributed by atoms with van der Waals surface area (Å²) in [5, 5.41) is 2.82. The van der Waals surface area contributed by atoms with Gasteiger partial charge in [-0.25, -0.2) is 18.1 Å². The van der Waals surface area contributed by atoms with Crippen molar-refractivity contribution in [2.24, 2.45) is 5.41 Å². The predicted octanol–water partition coefficient (Wildman–Crippen LogP) is 1.63. The van der Waals surface area contributed by atoms with Gasteiger partial charge in [0.25, 0.3) is 15.9 Å². The zero-order valence-electron chi connectivity index (χ0n) is 11.7. The lowest BCUT2D eigenvalue weighted by atomic mass is 9.88. The van der Waals surface area contributed by atoms with Gasteiger partial charge in [-0.1, -0.05) is 43.7 Å². The Balaban J connectivity index is 2.83. The van der Waals surface area contributed by atoms with Crippen molar-refractivity contribution < 1.29 is 13.2 Å². The molecule has 0 saturated heterocycles. The van der Waals surface area contributed by atoms with E-state index in [-0.39, 0.29) is 14.1 Å². The Morgan fingerprint density at radius 3 is 2.50 bits per heavy atom. The van der Waals surface area contributed by atoms with Gasteiger partial charge in [0, 0.05) is 0 Å². The number of sulfonamides is 1. The molecule has 6 nitrogen and oxygen atoms in total. The molecule has 1 atom stereocenters. The van der Waals surface area contributed by atoms with Crippen molar-refractivity contribution in [1.82, 2.24) is 15.0 Å². The lowest BCUT2D eigenvalue weighted by molar-refractivity contribution is -0.121. The smallest absolute Gasteiger partial charge is 0.275 e. The van der Waals surface area contributed by atoms with E-state index in [2.05, 4.69) is 10.3 Å². The fourth-order valence-corrected chi connectivity index (χ4v) is 3.87. The Morgan fingerprint density at radius 1 is 1.50 bits per heavy atom. The second-order valence-corrected chi connectivity index (χ2v) is 9.03. The van der Waals surface area contributed by atoms with E-state index in [1.165, 1.54) is 0 Å². The van der Waals surface area contributed by atoms with Crippen LogP contribution in [0.25, 0.3) is 0 Å². The van der Waals surface area contributed by atoms with Crippen LogP contribution < -0.4 is 10.0 Å². The molecule has 1 amide bonds. The summed E-state index contributed by atoms with van der Waals surface area (Å²) in [6.45, 7) is 5.92. The average molecular weight is 340 g/mol. The number of nitrogens with zero attached hydrogens (tertiary/aromatic N) is 1. The Morgan fingerprint density at radius 2 is 2.10 bits per heavy atom. The van der Waals surface area contributed by atoms with Crippen LogP contribution in [0.15, 0.2) is 10.4 Å². The van der Waals surface area contributed by atoms with Crippen molar-refractivity contribution in [2.75, 3.05) is 7.05 Å². The predicted molar refractivity (Wildman–Crippen MR) is 79.4 cm³/mol. The molecule has 1 rings (SSSR count). The van der Waals surface area contributed by atoms with Gasteiger partial charge in [0.1, 0.15) is 0 Å². The highest BCUT2D eigenvalue weighted by molar-refractivity contribution is 7.92. The minimum atomic E-state index is -3.92. The molecule has 0 spiro atoms. The second kappa shape index (κ2) is 6.38. The third-order valence-electron chi connectivity index (χ3n) is 2.44. The van der Waals surface area contributed by atoms with E-state index in [0.29, 0.717) is 6.42 Å². The summed E-state index contributed by atoms with van der Waals surface area (Å²) >= 11 is 6.40. The summed E-state index contributed by atoms with van der Waals surface area (Å²) in [6.07, 6.45) is 1.63. The van der Waals surface area contributed by atoms with Crippen molar-refractivity contribution in [2.45, 2.75) is 37.4 Å². The molecule has 0 fully saturated rings. The van der Waals surface area contributed by atoms with E-state index in [0.717, 1.165) is 17.5 Å². The summed E-state index contributed by atoms with van der Waals surface area (Å²) in [7, 11) is -2.30. The van der Waals surface area contributed by atoms with Crippen molar-refractivity contribution >= 4 is 38.9 Å². The van der Waals surface area contributed by atoms with Crippen LogP contribution in [0, 0.1) is 5.41 Å². The van der Waals surface area contributed by atoms with Gasteiger partial charge in [0.05, 0.1) is 12.2 Å². The molecule has 2 N–H and O–H groups in total. The molecule has 1 heterocycles. The first-order chi connectivity index (χ1) is 9.05. The van der Waals surface area contributed by atoms with Crippen LogP contribution >= 0.6 is 22.9 Å². The van der Waals surface area contributed by atoms with Gasteiger partial charge >= 0.3 is 0 Å². The molecule has 0 aliphatic carbocycles. The molecule has 114 valence electrons. The number of likely N-dealkylation sites (N-methyl/N-ethyl adjacent to an activating group) is 1. The number of hydrogen-bond donors (Lipinski definition) is 2. The van der Waals surface area contributed by atoms with E-state index in [1.54, 1.807) is 7.05 Å². The third kappa shape index (κ3) is 5.01. The topological polar surface area (TPSA) is 88.2 Å². The number of nitrogens with one attached hydrogen (secondary N) is 2. The molecule has 0 aliphatic rings. The van der Waals surface area contributed by atoms with Crippen molar-refractivity contribution in [1.29, 1.82) is 0 Å². The Labute approximate surface area is 128 Å². The molecule has 0 saturated carbocycles. The maximum absolute atomic E-state index is 12.0. The lowest BCUT2D eigenvalue weighted by Crippen LogP contribution is -2.46. The maximum Gasteiger partial charge on any atom is 0.275 e. The Hall–Kier alpha value is -0.700. The highest BCUT2D eigenvalue weighted by atomic mass is 35.5. The number of amides is 1. The van der Waals surface area contributed by atoms with E-state index < -0.39 is 22.0 Å². The molecule has 0 bridgehead atoms. The van der Waals surface area contributed by atoms with E-state index in [9.17, 15) is 13.2 Å². The Kier molecular flexibility index (Phi) is 5.54. The van der Waals surface area contributed by atoms with Gasteiger partial charge in [-0.2, -0.15) is 0 Å². The fourth-order valence-electron chi connectivity index (χ4n) is 1.56. The summed E-state index contributed by atoms with van der Waals surface area (Å²) in [4.78, 5) is 15.7. The lowest BCUT2D eigenvalue weighted by Gasteiger charge is -2.24. The van der Waals surface area contributed by atoms with Crippen LogP contribution in [-0.2, 0) is 14.8 Å². The molecular formula is C11H18ClN3O3S2. The fraction of sp³-hybridized carbons (Fsp3) is 0.636. The highest BCUT2D eigenvalue weighted by Crippen LogP contribution is 2.23. The van der Waals surface area contributed by atoms with Crippen molar-refractivity contribution in [3.8, 4) is 0 Å². The van der Waals surface area contributed by atoms with Gasteiger partial charge < -0.3 is 5.32 Å². The largest absolute Gasteiger partial charge is 0.309 e. The third-order valence-corrected chi connectivity index (χ3v) is 5.36. The number of aromatic nitrogens is 1. The van der Waals surface area contributed by atoms with Gasteiger partial charge in [-0.3, -0.25) is 4.79 Å². The maximum atomic E-state index is 12.0. The van der Waals surface area contributed by atoms with Gasteiger partial charge in [0.15, 0.2) is 8.68 Å². The van der Waals surface area contributed by atoms with Gasteiger partial charge in [-0.05, 0) is 18.9 Å². The quantitative estimate of drug-likeness (QED) is 0.851. The van der Waals surface area contributed by atoms with E-state index in [1.807, 2.05) is 25.5 Å². The van der Waals surface area contributed by atoms with E-state index in [4.69, 9.17) is 11.6 Å². The first-order valence-electron chi connectivity index (χ1n) is 5.90. The molecule has 0 aromatic carbocycles. The number of carbonyl (C=O) groups is 1. The number of hydrogen-bond acceptors (Lipinski definition) is 6. The van der Waals surface area contributed by atoms with E-state index >= 15 is 0 Å². The first-order valence-corrected chi connectivity index (χ1v) is 8.58. The number of rotatable bonds is 5. The molecule has 20 heavy (non-hydrogen) atoms. The highest BCUT2D eigenvalue weighted by Gasteiger charge is 2.28. The molecular weight excluding hydrogens is 322 g/mol. The van der Waals surface area contributed by atoms with Crippen LogP contribution in [0.4, 0.5) is 0 Å². The van der Waals surface area contributed by atoms with Crippen LogP contribution in [0.5, 0.6) is 0 Å². The van der Waals surface area contributed by atoms with Crippen LogP contribution in [0.2, 0.25) is 4.47 Å². The summed E-state index contributed by atoms with van der Waals surface area (Å²) in [6, 6.07) is -0.590.